The van der Waals surface area contributed by atoms with E-state index in [4.69, 9.17) is 5.26 Å². The molecule has 1 aromatic carbocycles. The average Bonchev–Trinajstić information content (AvgIpc) is 2.26. The molecule has 1 rings (SSSR count). The van der Waals surface area contributed by atoms with Gasteiger partial charge in [-0.3, -0.25) is 0 Å². The lowest BCUT2D eigenvalue weighted by atomic mass is 10.3. The Balaban J connectivity index is 3.10. The lowest BCUT2D eigenvalue weighted by Crippen LogP contribution is -2.20. The summed E-state index contributed by atoms with van der Waals surface area (Å²) in [6.45, 7) is 1.78. The number of rotatable bonds is 4. The van der Waals surface area contributed by atoms with E-state index in [2.05, 4.69) is 15.9 Å². The number of sulfone groups is 1. The largest absolute Gasteiger partial charge is 0.223 e. The van der Waals surface area contributed by atoms with Crippen LogP contribution < -0.4 is 0 Å². The van der Waals surface area contributed by atoms with Crippen LogP contribution in [0.2, 0.25) is 0 Å². The smallest absolute Gasteiger partial charge is 0.182 e. The molecule has 0 saturated heterocycles. The van der Waals surface area contributed by atoms with Gasteiger partial charge in [-0.2, -0.15) is 5.26 Å². The van der Waals surface area contributed by atoms with Crippen LogP contribution >= 0.6 is 15.9 Å². The van der Waals surface area contributed by atoms with E-state index in [-0.39, 0.29) is 11.3 Å². The van der Waals surface area contributed by atoms with Gasteiger partial charge in [0.25, 0.3) is 0 Å². The molecule has 0 N–H and O–H groups in total. The number of halogens is 1. The van der Waals surface area contributed by atoms with Crippen molar-refractivity contribution in [1.82, 2.24) is 0 Å². The standard InChI is InChI=1S/C11H12BrNO2S/c1-2-10(7-8-13)16(14,15)11-5-3-9(12)4-6-11/h3-6,10H,2,7H2,1H3. The zero-order valence-corrected chi connectivity index (χ0v) is 11.3. The fourth-order valence-corrected chi connectivity index (χ4v) is 3.29. The zero-order valence-electron chi connectivity index (χ0n) is 8.85. The van der Waals surface area contributed by atoms with E-state index >= 15 is 0 Å². The minimum absolute atomic E-state index is 0.0366. The minimum Gasteiger partial charge on any atom is -0.223 e. The summed E-state index contributed by atoms with van der Waals surface area (Å²) >= 11 is 3.25. The summed E-state index contributed by atoms with van der Waals surface area (Å²) in [5, 5.41) is 7.99. The number of nitrogens with zero attached hydrogens (tertiary/aromatic N) is 1. The Kier molecular flexibility index (Phi) is 4.51. The average molecular weight is 302 g/mol. The summed E-state index contributed by atoms with van der Waals surface area (Å²) in [6.07, 6.45) is 0.487. The van der Waals surface area contributed by atoms with E-state index in [9.17, 15) is 8.42 Å². The molecular weight excluding hydrogens is 290 g/mol. The summed E-state index contributed by atoms with van der Waals surface area (Å²) in [4.78, 5) is 0.276. The molecule has 0 fully saturated rings. The molecular formula is C11H12BrNO2S. The van der Waals surface area contributed by atoms with Crippen LogP contribution in [0, 0.1) is 11.3 Å². The van der Waals surface area contributed by atoms with Gasteiger partial charge in [-0.05, 0) is 30.7 Å². The first-order chi connectivity index (χ1) is 7.52. The van der Waals surface area contributed by atoms with Gasteiger partial charge in [0, 0.05) is 4.47 Å². The van der Waals surface area contributed by atoms with Crippen molar-refractivity contribution < 1.29 is 8.42 Å². The molecule has 0 aliphatic heterocycles. The lowest BCUT2D eigenvalue weighted by Gasteiger charge is -2.12. The third kappa shape index (κ3) is 2.83. The molecule has 5 heteroatoms. The molecule has 0 spiro atoms. The molecule has 0 amide bonds. The molecule has 0 bridgehead atoms. The quantitative estimate of drug-likeness (QED) is 0.859. The van der Waals surface area contributed by atoms with Gasteiger partial charge in [-0.15, -0.1) is 0 Å². The predicted octanol–water partition coefficient (Wildman–Crippen LogP) is 2.92. The Bertz CT molecular complexity index is 488. The van der Waals surface area contributed by atoms with Crippen molar-refractivity contribution in [2.24, 2.45) is 0 Å². The maximum Gasteiger partial charge on any atom is 0.182 e. The number of hydrogen-bond acceptors (Lipinski definition) is 3. The fourth-order valence-electron chi connectivity index (χ4n) is 1.39. The zero-order chi connectivity index (χ0) is 12.2. The Morgan fingerprint density at radius 2 is 1.94 bits per heavy atom. The maximum atomic E-state index is 12.1. The van der Waals surface area contributed by atoms with Crippen molar-refractivity contribution in [3.8, 4) is 6.07 Å². The highest BCUT2D eigenvalue weighted by Crippen LogP contribution is 2.22. The van der Waals surface area contributed by atoms with Gasteiger partial charge < -0.3 is 0 Å². The van der Waals surface area contributed by atoms with Crippen LogP contribution in [0.1, 0.15) is 19.8 Å². The Hall–Kier alpha value is -0.860. The molecule has 86 valence electrons. The Morgan fingerprint density at radius 1 is 1.38 bits per heavy atom. The van der Waals surface area contributed by atoms with Crippen LogP contribution in [0.15, 0.2) is 33.6 Å². The van der Waals surface area contributed by atoms with Crippen LogP contribution in [-0.2, 0) is 9.84 Å². The molecule has 1 aromatic rings. The first-order valence-electron chi connectivity index (χ1n) is 4.88. The monoisotopic (exact) mass is 301 g/mol. The van der Waals surface area contributed by atoms with E-state index in [1.807, 2.05) is 6.07 Å². The van der Waals surface area contributed by atoms with Crippen LogP contribution in [0.3, 0.4) is 0 Å². The van der Waals surface area contributed by atoms with Crippen LogP contribution in [0.4, 0.5) is 0 Å². The van der Waals surface area contributed by atoms with E-state index in [0.29, 0.717) is 6.42 Å². The molecule has 0 aliphatic rings. The fraction of sp³-hybridized carbons (Fsp3) is 0.364. The minimum atomic E-state index is -3.37. The Morgan fingerprint density at radius 3 is 2.38 bits per heavy atom. The molecule has 0 heterocycles. The van der Waals surface area contributed by atoms with Gasteiger partial charge in [0.1, 0.15) is 0 Å². The highest BCUT2D eigenvalue weighted by Gasteiger charge is 2.25. The van der Waals surface area contributed by atoms with Gasteiger partial charge >= 0.3 is 0 Å². The van der Waals surface area contributed by atoms with Gasteiger partial charge in [-0.1, -0.05) is 22.9 Å². The SMILES string of the molecule is CCC(CC#N)S(=O)(=O)c1ccc(Br)cc1. The lowest BCUT2D eigenvalue weighted by molar-refractivity contribution is 0.576. The molecule has 16 heavy (non-hydrogen) atoms. The van der Waals surface area contributed by atoms with Gasteiger partial charge in [0.15, 0.2) is 9.84 Å². The van der Waals surface area contributed by atoms with E-state index < -0.39 is 15.1 Å². The molecule has 0 radical (unpaired) electrons. The number of hydrogen-bond donors (Lipinski definition) is 0. The third-order valence-electron chi connectivity index (χ3n) is 2.36. The topological polar surface area (TPSA) is 57.9 Å². The van der Waals surface area contributed by atoms with Gasteiger partial charge in [0.05, 0.1) is 22.6 Å². The summed E-state index contributed by atoms with van der Waals surface area (Å²) in [6, 6.07) is 8.40. The second kappa shape index (κ2) is 5.46. The van der Waals surface area contributed by atoms with Gasteiger partial charge in [-0.25, -0.2) is 8.42 Å². The number of benzene rings is 1. The third-order valence-corrected chi connectivity index (χ3v) is 5.19. The first-order valence-corrected chi connectivity index (χ1v) is 7.22. The summed E-state index contributed by atoms with van der Waals surface area (Å²) in [5.41, 5.74) is 0. The normalized spacial score (nSPS) is 13.1. The van der Waals surface area contributed by atoms with Crippen molar-refractivity contribution in [3.05, 3.63) is 28.7 Å². The summed E-state index contributed by atoms with van der Waals surface area (Å²) in [7, 11) is -3.37. The molecule has 1 unspecified atom stereocenters. The Labute approximate surface area is 104 Å². The second-order valence-corrected chi connectivity index (χ2v) is 6.54. The van der Waals surface area contributed by atoms with Crippen molar-refractivity contribution >= 4 is 25.8 Å². The highest BCUT2D eigenvalue weighted by atomic mass is 79.9. The highest BCUT2D eigenvalue weighted by molar-refractivity contribution is 9.10. The molecule has 0 aromatic heterocycles. The second-order valence-electron chi connectivity index (χ2n) is 3.39. The predicted molar refractivity (Wildman–Crippen MR) is 65.6 cm³/mol. The molecule has 1 atom stereocenters. The van der Waals surface area contributed by atoms with E-state index in [1.165, 1.54) is 0 Å². The number of nitriles is 1. The maximum absolute atomic E-state index is 12.1. The first kappa shape index (κ1) is 13.2. The molecule has 3 nitrogen and oxygen atoms in total. The van der Waals surface area contributed by atoms with Crippen LogP contribution in [0.25, 0.3) is 0 Å². The van der Waals surface area contributed by atoms with Gasteiger partial charge in [0.2, 0.25) is 0 Å². The van der Waals surface area contributed by atoms with Crippen molar-refractivity contribution in [2.45, 2.75) is 29.9 Å². The van der Waals surface area contributed by atoms with Crippen LogP contribution in [0.5, 0.6) is 0 Å². The van der Waals surface area contributed by atoms with E-state index in [0.717, 1.165) is 4.47 Å². The van der Waals surface area contributed by atoms with Crippen molar-refractivity contribution in [1.29, 1.82) is 5.26 Å². The van der Waals surface area contributed by atoms with E-state index in [1.54, 1.807) is 31.2 Å². The molecule has 0 saturated carbocycles. The summed E-state index contributed by atoms with van der Waals surface area (Å²) in [5.74, 6) is 0. The van der Waals surface area contributed by atoms with Crippen molar-refractivity contribution in [2.75, 3.05) is 0 Å². The van der Waals surface area contributed by atoms with Crippen LogP contribution in [-0.4, -0.2) is 13.7 Å². The summed E-state index contributed by atoms with van der Waals surface area (Å²) < 4.78 is 25.0. The molecule has 0 aliphatic carbocycles. The van der Waals surface area contributed by atoms with Crippen molar-refractivity contribution in [3.63, 3.8) is 0 Å².